The molecule has 0 unspecified atom stereocenters. The number of nitro groups is 1. The molecule has 0 saturated carbocycles. The first-order valence-electron chi connectivity index (χ1n) is 5.95. The summed E-state index contributed by atoms with van der Waals surface area (Å²) in [4.78, 5) is 10.2. The van der Waals surface area contributed by atoms with Crippen LogP contribution in [0.15, 0.2) is 36.7 Å². The van der Waals surface area contributed by atoms with E-state index in [2.05, 4.69) is 11.5 Å². The average molecular weight is 326 g/mol. The highest BCUT2D eigenvalue weighted by molar-refractivity contribution is 5.41. The van der Waals surface area contributed by atoms with Gasteiger partial charge < -0.3 is 17.0 Å². The molecule has 0 bridgehead atoms. The van der Waals surface area contributed by atoms with Crippen LogP contribution in [0.1, 0.15) is 19.2 Å². The summed E-state index contributed by atoms with van der Waals surface area (Å²) in [6.45, 7) is 5.15. The van der Waals surface area contributed by atoms with Crippen molar-refractivity contribution in [3.63, 3.8) is 0 Å². The minimum atomic E-state index is -0.385. The van der Waals surface area contributed by atoms with E-state index in [-0.39, 0.29) is 27.6 Å². The van der Waals surface area contributed by atoms with E-state index in [1.807, 2.05) is 23.9 Å². The maximum absolute atomic E-state index is 10.6. The molecule has 0 radical (unpaired) electrons. The molecule has 0 saturated heterocycles. The molecule has 0 N–H and O–H groups in total. The molecule has 6 heteroatoms. The molecule has 0 aliphatic carbocycles. The van der Waals surface area contributed by atoms with Crippen LogP contribution in [0.25, 0.3) is 5.69 Å². The van der Waals surface area contributed by atoms with Crippen LogP contribution in [-0.4, -0.2) is 9.49 Å². The smallest absolute Gasteiger partial charge is 0.269 e. The van der Waals surface area contributed by atoms with Gasteiger partial charge in [-0.2, -0.15) is 0 Å². The van der Waals surface area contributed by atoms with Gasteiger partial charge in [-0.15, -0.1) is 0 Å². The third-order valence-electron chi connectivity index (χ3n) is 2.96. The number of nitrogens with zero attached hydrogens (tertiary/aromatic N) is 3. The molecule has 1 aromatic heterocycles. The highest BCUT2D eigenvalue weighted by Gasteiger charge is 2.14. The number of imidazole rings is 1. The Labute approximate surface area is 122 Å². The average Bonchev–Trinajstić information content (AvgIpc) is 2.72. The quantitative estimate of drug-likeness (QED) is 0.428. The standard InChI is InChI=1S/C13H16N3O2.BrH/c1-3-8-14-9-10-15(11(14)2)12-4-6-13(7-5-12)16(17)18;/h4-7,9-10H,3,8H2,1-2H3;1H/q+1;/p-1. The van der Waals surface area contributed by atoms with Crippen LogP contribution in [0.5, 0.6) is 0 Å². The number of nitro benzene ring substituents is 1. The van der Waals surface area contributed by atoms with E-state index in [9.17, 15) is 10.1 Å². The Morgan fingerprint density at radius 1 is 1.32 bits per heavy atom. The first-order valence-corrected chi connectivity index (χ1v) is 5.95. The Balaban J connectivity index is 0.00000180. The minimum Gasteiger partial charge on any atom is -1.00 e. The van der Waals surface area contributed by atoms with E-state index in [4.69, 9.17) is 0 Å². The zero-order valence-corrected chi connectivity index (χ0v) is 12.5. The molecule has 1 aromatic carbocycles. The van der Waals surface area contributed by atoms with E-state index in [0.29, 0.717) is 0 Å². The lowest BCUT2D eigenvalue weighted by molar-refractivity contribution is -0.702. The molecule has 0 spiro atoms. The van der Waals surface area contributed by atoms with Crippen LogP contribution < -0.4 is 21.5 Å². The van der Waals surface area contributed by atoms with E-state index < -0.39 is 0 Å². The second kappa shape index (κ2) is 6.47. The normalized spacial score (nSPS) is 10.0. The number of aromatic nitrogens is 2. The number of halogens is 1. The lowest BCUT2D eigenvalue weighted by atomic mass is 10.3. The van der Waals surface area contributed by atoms with Crippen LogP contribution in [0.4, 0.5) is 5.69 Å². The van der Waals surface area contributed by atoms with Crippen molar-refractivity contribution in [2.75, 3.05) is 0 Å². The Kier molecular flexibility index (Phi) is 5.23. The van der Waals surface area contributed by atoms with Gasteiger partial charge in [0.25, 0.3) is 11.5 Å². The summed E-state index contributed by atoms with van der Waals surface area (Å²) in [6, 6.07) is 6.58. The van der Waals surface area contributed by atoms with Crippen LogP contribution in [0, 0.1) is 17.0 Å². The summed E-state index contributed by atoms with van der Waals surface area (Å²) in [5.41, 5.74) is 1.05. The van der Waals surface area contributed by atoms with Crippen LogP contribution in [-0.2, 0) is 6.54 Å². The number of benzene rings is 1. The van der Waals surface area contributed by atoms with Crippen molar-refractivity contribution in [1.82, 2.24) is 4.57 Å². The lowest BCUT2D eigenvalue weighted by Gasteiger charge is -1.99. The predicted molar refractivity (Wildman–Crippen MR) is 67.6 cm³/mol. The van der Waals surface area contributed by atoms with Crippen LogP contribution in [0.2, 0.25) is 0 Å². The summed E-state index contributed by atoms with van der Waals surface area (Å²) in [5.74, 6) is 1.12. The van der Waals surface area contributed by atoms with E-state index >= 15 is 0 Å². The van der Waals surface area contributed by atoms with Gasteiger partial charge in [0.15, 0.2) is 0 Å². The van der Waals surface area contributed by atoms with Gasteiger partial charge in [-0.1, -0.05) is 6.92 Å². The van der Waals surface area contributed by atoms with Crippen molar-refractivity contribution in [3.8, 4) is 5.69 Å². The molecule has 19 heavy (non-hydrogen) atoms. The minimum absolute atomic E-state index is 0. The molecule has 5 nitrogen and oxygen atoms in total. The molecule has 2 rings (SSSR count). The van der Waals surface area contributed by atoms with Gasteiger partial charge in [-0.05, 0) is 18.6 Å². The maximum Gasteiger partial charge on any atom is 0.269 e. The van der Waals surface area contributed by atoms with E-state index in [1.165, 1.54) is 12.1 Å². The van der Waals surface area contributed by atoms with Crippen LogP contribution in [0.3, 0.4) is 0 Å². The summed E-state index contributed by atoms with van der Waals surface area (Å²) >= 11 is 0. The molecule has 2 aromatic rings. The first kappa shape index (κ1) is 15.4. The third kappa shape index (κ3) is 3.20. The summed E-state index contributed by atoms with van der Waals surface area (Å²) in [7, 11) is 0. The summed E-state index contributed by atoms with van der Waals surface area (Å²) < 4.78 is 4.20. The van der Waals surface area contributed by atoms with Crippen molar-refractivity contribution in [2.24, 2.45) is 0 Å². The molecular formula is C13H16BrN3O2. The van der Waals surface area contributed by atoms with Crippen molar-refractivity contribution in [1.29, 1.82) is 0 Å². The fourth-order valence-corrected chi connectivity index (χ4v) is 1.99. The van der Waals surface area contributed by atoms with Gasteiger partial charge in [0.2, 0.25) is 0 Å². The van der Waals surface area contributed by atoms with E-state index in [0.717, 1.165) is 24.5 Å². The van der Waals surface area contributed by atoms with E-state index in [1.54, 1.807) is 12.1 Å². The number of rotatable bonds is 4. The SMILES string of the molecule is CCC[n+]1ccn(-c2ccc([N+](=O)[O-])cc2)c1C.[Br-]. The second-order valence-electron chi connectivity index (χ2n) is 4.18. The molecule has 0 atom stereocenters. The summed E-state index contributed by atoms with van der Waals surface area (Å²) in [6.07, 6.45) is 5.09. The highest BCUT2D eigenvalue weighted by atomic mass is 79.9. The van der Waals surface area contributed by atoms with Gasteiger partial charge >= 0.3 is 0 Å². The Bertz CT molecular complexity index is 564. The second-order valence-corrected chi connectivity index (χ2v) is 4.18. The Morgan fingerprint density at radius 3 is 2.47 bits per heavy atom. The molecule has 102 valence electrons. The predicted octanol–water partition coefficient (Wildman–Crippen LogP) is -0.605. The van der Waals surface area contributed by atoms with Crippen molar-refractivity contribution in [3.05, 3.63) is 52.6 Å². The molecule has 0 fully saturated rings. The lowest BCUT2D eigenvalue weighted by Crippen LogP contribution is -3.00. The third-order valence-corrected chi connectivity index (χ3v) is 2.96. The monoisotopic (exact) mass is 325 g/mol. The Hall–Kier alpha value is -1.69. The van der Waals surface area contributed by atoms with Gasteiger partial charge in [0.05, 0.1) is 11.5 Å². The number of non-ortho nitro benzene ring substituents is 1. The van der Waals surface area contributed by atoms with Gasteiger partial charge in [-0.3, -0.25) is 10.1 Å². The van der Waals surface area contributed by atoms with Crippen molar-refractivity contribution < 1.29 is 26.5 Å². The fraction of sp³-hybridized carbons (Fsp3) is 0.308. The molecule has 1 heterocycles. The fourth-order valence-electron chi connectivity index (χ4n) is 1.99. The zero-order valence-electron chi connectivity index (χ0n) is 10.9. The number of hydrogen-bond donors (Lipinski definition) is 0. The highest BCUT2D eigenvalue weighted by Crippen LogP contribution is 2.15. The molecule has 0 amide bonds. The zero-order chi connectivity index (χ0) is 13.1. The Morgan fingerprint density at radius 2 is 1.95 bits per heavy atom. The summed E-state index contributed by atoms with van der Waals surface area (Å²) in [5, 5.41) is 10.6. The van der Waals surface area contributed by atoms with Gasteiger partial charge in [0.1, 0.15) is 18.1 Å². The van der Waals surface area contributed by atoms with Crippen molar-refractivity contribution in [2.45, 2.75) is 26.8 Å². The van der Waals surface area contributed by atoms with Gasteiger partial charge in [-0.25, -0.2) is 9.13 Å². The molecular weight excluding hydrogens is 310 g/mol. The molecule has 0 aliphatic heterocycles. The number of hydrogen-bond acceptors (Lipinski definition) is 2. The molecule has 0 aliphatic rings. The first-order chi connectivity index (χ1) is 8.63. The van der Waals surface area contributed by atoms with Gasteiger partial charge in [0, 0.05) is 19.1 Å². The number of aryl methyl sites for hydroxylation is 1. The maximum atomic E-state index is 10.6. The largest absolute Gasteiger partial charge is 1.00 e. The topological polar surface area (TPSA) is 52.0 Å². The van der Waals surface area contributed by atoms with Crippen molar-refractivity contribution >= 4 is 5.69 Å². The van der Waals surface area contributed by atoms with Crippen LogP contribution >= 0.6 is 0 Å².